The number of ether oxygens (including phenoxy) is 1. The van der Waals surface area contributed by atoms with E-state index in [-0.39, 0.29) is 6.10 Å². The second-order valence-electron chi connectivity index (χ2n) is 3.60. The number of hydrogen-bond donors (Lipinski definition) is 0. The molecule has 1 saturated carbocycles. The Balaban J connectivity index is 2.03. The minimum absolute atomic E-state index is 0.100. The van der Waals surface area contributed by atoms with E-state index in [1.165, 1.54) is 0 Å². The van der Waals surface area contributed by atoms with Crippen molar-refractivity contribution >= 4 is 21.7 Å². The topological polar surface area (TPSA) is 26.3 Å². The van der Waals surface area contributed by atoms with Crippen molar-refractivity contribution in [2.24, 2.45) is 0 Å². The molecule has 0 atom stereocenters. The van der Waals surface area contributed by atoms with Gasteiger partial charge in [-0.1, -0.05) is 15.9 Å². The first-order chi connectivity index (χ1) is 6.65. The molecule has 0 aromatic heterocycles. The van der Waals surface area contributed by atoms with E-state index in [0.717, 1.165) is 15.8 Å². The van der Waals surface area contributed by atoms with Crippen LogP contribution in [-0.2, 0) is 4.79 Å². The molecule has 0 amide bonds. The highest BCUT2D eigenvalue weighted by molar-refractivity contribution is 9.10. The molecule has 14 heavy (non-hydrogen) atoms. The molecule has 74 valence electrons. The van der Waals surface area contributed by atoms with Gasteiger partial charge >= 0.3 is 0 Å². The third-order valence-electron chi connectivity index (χ3n) is 2.34. The molecule has 2 nitrogen and oxygen atoms in total. The standard InChI is InChI=1S/C11H11BrO2/c1-7-4-9(2-3-11(7)12)14-10-5-8(13)6-10/h2-4,10H,5-6H2,1H3. The second kappa shape index (κ2) is 3.73. The first kappa shape index (κ1) is 9.71. The summed E-state index contributed by atoms with van der Waals surface area (Å²) in [5.41, 5.74) is 1.15. The molecule has 0 heterocycles. The first-order valence-electron chi connectivity index (χ1n) is 4.59. The van der Waals surface area contributed by atoms with Crippen molar-refractivity contribution in [1.82, 2.24) is 0 Å². The van der Waals surface area contributed by atoms with Crippen molar-refractivity contribution in [2.75, 3.05) is 0 Å². The number of carbonyl (C=O) groups excluding carboxylic acids is 1. The lowest BCUT2D eigenvalue weighted by Crippen LogP contribution is -2.33. The van der Waals surface area contributed by atoms with Crippen LogP contribution in [0.1, 0.15) is 18.4 Å². The number of carbonyl (C=O) groups is 1. The average Bonchev–Trinajstić information content (AvgIpc) is 2.09. The van der Waals surface area contributed by atoms with Gasteiger partial charge in [-0.05, 0) is 30.7 Å². The maximum atomic E-state index is 10.7. The van der Waals surface area contributed by atoms with Crippen LogP contribution in [0.4, 0.5) is 0 Å². The van der Waals surface area contributed by atoms with Crippen LogP contribution in [0.3, 0.4) is 0 Å². The quantitative estimate of drug-likeness (QED) is 0.812. The van der Waals surface area contributed by atoms with Crippen molar-refractivity contribution in [3.8, 4) is 5.75 Å². The molecule has 1 aliphatic carbocycles. The van der Waals surface area contributed by atoms with E-state index in [1.807, 2.05) is 25.1 Å². The molecule has 1 aromatic rings. The highest BCUT2D eigenvalue weighted by atomic mass is 79.9. The smallest absolute Gasteiger partial charge is 0.140 e. The molecule has 0 bridgehead atoms. The van der Waals surface area contributed by atoms with E-state index in [1.54, 1.807) is 0 Å². The van der Waals surface area contributed by atoms with Crippen molar-refractivity contribution < 1.29 is 9.53 Å². The Bertz CT molecular complexity index is 366. The number of benzene rings is 1. The number of rotatable bonds is 2. The maximum Gasteiger partial charge on any atom is 0.140 e. The van der Waals surface area contributed by atoms with Crippen LogP contribution >= 0.6 is 15.9 Å². The van der Waals surface area contributed by atoms with Crippen LogP contribution in [-0.4, -0.2) is 11.9 Å². The van der Waals surface area contributed by atoms with Gasteiger partial charge in [0.05, 0.1) is 0 Å². The summed E-state index contributed by atoms with van der Waals surface area (Å²) in [4.78, 5) is 10.7. The highest BCUT2D eigenvalue weighted by Gasteiger charge is 2.28. The Labute approximate surface area is 91.4 Å². The van der Waals surface area contributed by atoms with Gasteiger partial charge in [0.1, 0.15) is 17.6 Å². The summed E-state index contributed by atoms with van der Waals surface area (Å²) >= 11 is 3.43. The molecule has 0 N–H and O–H groups in total. The fraction of sp³-hybridized carbons (Fsp3) is 0.364. The predicted molar refractivity (Wildman–Crippen MR) is 57.5 cm³/mol. The molecule has 1 fully saturated rings. The van der Waals surface area contributed by atoms with Crippen LogP contribution in [0.2, 0.25) is 0 Å². The third-order valence-corrected chi connectivity index (χ3v) is 3.23. The molecule has 3 heteroatoms. The largest absolute Gasteiger partial charge is 0.490 e. The normalized spacial score (nSPS) is 16.6. The molecule has 1 aromatic carbocycles. The Morgan fingerprint density at radius 3 is 2.71 bits per heavy atom. The molecule has 1 aliphatic rings. The van der Waals surface area contributed by atoms with Gasteiger partial charge in [0.25, 0.3) is 0 Å². The fourth-order valence-electron chi connectivity index (χ4n) is 1.41. The van der Waals surface area contributed by atoms with Gasteiger partial charge in [-0.15, -0.1) is 0 Å². The molecule has 0 spiro atoms. The SMILES string of the molecule is Cc1cc(OC2CC(=O)C2)ccc1Br. The fourth-order valence-corrected chi connectivity index (χ4v) is 1.66. The van der Waals surface area contributed by atoms with Crippen LogP contribution in [0.25, 0.3) is 0 Å². The molecule has 0 saturated heterocycles. The van der Waals surface area contributed by atoms with E-state index in [9.17, 15) is 4.79 Å². The number of hydrogen-bond acceptors (Lipinski definition) is 2. The summed E-state index contributed by atoms with van der Waals surface area (Å²) in [6.45, 7) is 2.02. The third kappa shape index (κ3) is 1.98. The number of ketones is 1. The minimum Gasteiger partial charge on any atom is -0.490 e. The lowest BCUT2D eigenvalue weighted by Gasteiger charge is -2.25. The van der Waals surface area contributed by atoms with Gasteiger partial charge < -0.3 is 4.74 Å². The first-order valence-corrected chi connectivity index (χ1v) is 5.39. The van der Waals surface area contributed by atoms with Crippen LogP contribution in [0.5, 0.6) is 5.75 Å². The Kier molecular flexibility index (Phi) is 2.59. The van der Waals surface area contributed by atoms with Crippen LogP contribution in [0, 0.1) is 6.92 Å². The Morgan fingerprint density at radius 1 is 1.43 bits per heavy atom. The predicted octanol–water partition coefficient (Wildman–Crippen LogP) is 2.87. The molecule has 0 aliphatic heterocycles. The van der Waals surface area contributed by atoms with Gasteiger partial charge in [0, 0.05) is 17.3 Å². The molecule has 0 radical (unpaired) electrons. The van der Waals surface area contributed by atoms with Crippen molar-refractivity contribution in [3.63, 3.8) is 0 Å². The summed E-state index contributed by atoms with van der Waals surface area (Å²) in [5, 5.41) is 0. The summed E-state index contributed by atoms with van der Waals surface area (Å²) in [5.74, 6) is 1.15. The van der Waals surface area contributed by atoms with E-state index in [4.69, 9.17) is 4.74 Å². The zero-order valence-electron chi connectivity index (χ0n) is 7.92. The maximum absolute atomic E-state index is 10.7. The number of Topliss-reactive ketones (excluding diaryl/α,β-unsaturated/α-hetero) is 1. The molecular weight excluding hydrogens is 244 g/mol. The molecule has 2 rings (SSSR count). The van der Waals surface area contributed by atoms with Gasteiger partial charge in [0.2, 0.25) is 0 Å². The minimum atomic E-state index is 0.100. The second-order valence-corrected chi connectivity index (χ2v) is 4.45. The lowest BCUT2D eigenvalue weighted by atomic mass is 9.94. The monoisotopic (exact) mass is 254 g/mol. The van der Waals surface area contributed by atoms with Crippen molar-refractivity contribution in [3.05, 3.63) is 28.2 Å². The zero-order chi connectivity index (χ0) is 10.1. The zero-order valence-corrected chi connectivity index (χ0v) is 9.50. The van der Waals surface area contributed by atoms with E-state index >= 15 is 0 Å². The Hall–Kier alpha value is -0.830. The van der Waals surface area contributed by atoms with Crippen molar-refractivity contribution in [2.45, 2.75) is 25.9 Å². The van der Waals surface area contributed by atoms with Gasteiger partial charge in [-0.25, -0.2) is 0 Å². The van der Waals surface area contributed by atoms with Crippen LogP contribution < -0.4 is 4.74 Å². The summed E-state index contributed by atoms with van der Waals surface area (Å²) in [6.07, 6.45) is 1.23. The average molecular weight is 255 g/mol. The molecular formula is C11H11BrO2. The van der Waals surface area contributed by atoms with E-state index in [0.29, 0.717) is 18.6 Å². The van der Waals surface area contributed by atoms with Crippen LogP contribution in [0.15, 0.2) is 22.7 Å². The van der Waals surface area contributed by atoms with Gasteiger partial charge in [-0.3, -0.25) is 4.79 Å². The summed E-state index contributed by atoms with van der Waals surface area (Å²) < 4.78 is 6.69. The Morgan fingerprint density at radius 2 is 2.14 bits per heavy atom. The highest BCUT2D eigenvalue weighted by Crippen LogP contribution is 2.26. The van der Waals surface area contributed by atoms with Crippen molar-refractivity contribution in [1.29, 1.82) is 0 Å². The van der Waals surface area contributed by atoms with Gasteiger partial charge in [0.15, 0.2) is 0 Å². The number of halogens is 1. The summed E-state index contributed by atoms with van der Waals surface area (Å²) in [6, 6.07) is 5.86. The summed E-state index contributed by atoms with van der Waals surface area (Å²) in [7, 11) is 0. The van der Waals surface area contributed by atoms with Gasteiger partial charge in [-0.2, -0.15) is 0 Å². The molecule has 0 unspecified atom stereocenters. The lowest BCUT2D eigenvalue weighted by molar-refractivity contribution is -0.129. The van der Waals surface area contributed by atoms with E-state index in [2.05, 4.69) is 15.9 Å². The van der Waals surface area contributed by atoms with E-state index < -0.39 is 0 Å². The number of aryl methyl sites for hydroxylation is 1.